The number of rotatable bonds is 7. The monoisotopic (exact) mass is 521 g/mol. The number of amides is 2. The summed E-state index contributed by atoms with van der Waals surface area (Å²) in [4.78, 5) is 28.0. The molecule has 1 heterocycles. The van der Waals surface area contributed by atoms with Gasteiger partial charge in [-0.2, -0.15) is 5.26 Å². The molecule has 1 fully saturated rings. The molecule has 0 aliphatic carbocycles. The van der Waals surface area contributed by atoms with E-state index < -0.39 is 11.2 Å². The Kier molecular flexibility index (Phi) is 8.14. The van der Waals surface area contributed by atoms with Crippen LogP contribution >= 0.6 is 35.0 Å². The van der Waals surface area contributed by atoms with Gasteiger partial charge in [-0.25, -0.2) is 0 Å². The number of carbonyl (C=O) groups excluding carboxylic acids is 2. The van der Waals surface area contributed by atoms with Crippen molar-refractivity contribution in [3.05, 3.63) is 111 Å². The van der Waals surface area contributed by atoms with E-state index in [1.165, 1.54) is 16.7 Å². The third-order valence-corrected chi connectivity index (χ3v) is 7.62. The summed E-state index contributed by atoms with van der Waals surface area (Å²) in [6.45, 7) is 0.368. The summed E-state index contributed by atoms with van der Waals surface area (Å²) in [6, 6.07) is 26.1. The Bertz CT molecular complexity index is 1310. The smallest absolute Gasteiger partial charge is 0.264 e. The van der Waals surface area contributed by atoms with E-state index in [1.54, 1.807) is 36.4 Å². The molecular formula is C27H21Cl2N3O2S. The lowest BCUT2D eigenvalue weighted by Gasteiger charge is -2.18. The van der Waals surface area contributed by atoms with E-state index in [0.717, 1.165) is 11.1 Å². The van der Waals surface area contributed by atoms with Crippen molar-refractivity contribution in [2.75, 3.05) is 11.4 Å². The predicted molar refractivity (Wildman–Crippen MR) is 141 cm³/mol. The molecule has 1 aliphatic rings. The summed E-state index contributed by atoms with van der Waals surface area (Å²) < 4.78 is 0. The van der Waals surface area contributed by atoms with Crippen LogP contribution in [-0.4, -0.2) is 23.6 Å². The highest BCUT2D eigenvalue weighted by molar-refractivity contribution is 8.05. The first kappa shape index (κ1) is 24.9. The van der Waals surface area contributed by atoms with Crippen LogP contribution < -0.4 is 10.2 Å². The van der Waals surface area contributed by atoms with E-state index in [4.69, 9.17) is 23.2 Å². The van der Waals surface area contributed by atoms with Crippen molar-refractivity contribution in [1.82, 2.24) is 5.32 Å². The first-order chi connectivity index (χ1) is 17.0. The number of para-hydroxylation sites is 1. The van der Waals surface area contributed by atoms with E-state index >= 15 is 0 Å². The van der Waals surface area contributed by atoms with E-state index in [0.29, 0.717) is 40.1 Å². The fraction of sp³-hybridized carbons (Fsp3) is 0.148. The molecule has 35 heavy (non-hydrogen) atoms. The zero-order valence-corrected chi connectivity index (χ0v) is 20.9. The summed E-state index contributed by atoms with van der Waals surface area (Å²) in [7, 11) is 0. The molecule has 1 aliphatic heterocycles. The SMILES string of the molecule is N#CC(C(=O)NCCc1ccccc1)=C1SC(Cc2cccc(Cl)c2Cl)C(=O)N1c1ccccc1. The van der Waals surface area contributed by atoms with Gasteiger partial charge in [0.2, 0.25) is 5.91 Å². The van der Waals surface area contributed by atoms with Crippen LogP contribution in [0.3, 0.4) is 0 Å². The molecule has 2 amide bonds. The Morgan fingerprint density at radius 2 is 1.69 bits per heavy atom. The maximum absolute atomic E-state index is 13.5. The lowest BCUT2D eigenvalue weighted by atomic mass is 10.1. The maximum atomic E-state index is 13.5. The van der Waals surface area contributed by atoms with Crippen molar-refractivity contribution in [3.63, 3.8) is 0 Å². The number of hydrogen-bond donors (Lipinski definition) is 1. The second kappa shape index (κ2) is 11.5. The highest BCUT2D eigenvalue weighted by Crippen LogP contribution is 2.42. The van der Waals surface area contributed by atoms with Crippen LogP contribution in [0.4, 0.5) is 5.69 Å². The second-order valence-corrected chi connectivity index (χ2v) is 9.79. The number of hydrogen-bond acceptors (Lipinski definition) is 4. The molecule has 0 spiro atoms. The Labute approximate surface area is 218 Å². The van der Waals surface area contributed by atoms with Crippen molar-refractivity contribution in [1.29, 1.82) is 5.26 Å². The fourth-order valence-electron chi connectivity index (χ4n) is 3.76. The molecule has 1 unspecified atom stereocenters. The average molecular weight is 522 g/mol. The van der Waals surface area contributed by atoms with Gasteiger partial charge in [-0.05, 0) is 42.2 Å². The van der Waals surface area contributed by atoms with Gasteiger partial charge in [0.1, 0.15) is 16.7 Å². The van der Waals surface area contributed by atoms with Crippen LogP contribution in [0.5, 0.6) is 0 Å². The third-order valence-electron chi connectivity index (χ3n) is 5.50. The van der Waals surface area contributed by atoms with Gasteiger partial charge in [-0.1, -0.05) is 95.6 Å². The first-order valence-corrected chi connectivity index (χ1v) is 12.6. The molecule has 0 bridgehead atoms. The van der Waals surface area contributed by atoms with Gasteiger partial charge in [-0.3, -0.25) is 14.5 Å². The van der Waals surface area contributed by atoms with Crippen molar-refractivity contribution in [2.45, 2.75) is 18.1 Å². The highest BCUT2D eigenvalue weighted by Gasteiger charge is 2.41. The normalized spacial score (nSPS) is 16.7. The lowest BCUT2D eigenvalue weighted by Crippen LogP contribution is -2.32. The summed E-state index contributed by atoms with van der Waals surface area (Å²) in [6.07, 6.45) is 0.940. The van der Waals surface area contributed by atoms with Crippen LogP contribution in [0.1, 0.15) is 11.1 Å². The van der Waals surface area contributed by atoms with Crippen LogP contribution in [0.25, 0.3) is 0 Å². The number of thioether (sulfide) groups is 1. The summed E-state index contributed by atoms with van der Waals surface area (Å²) in [5, 5.41) is 13.3. The molecule has 0 radical (unpaired) electrons. The zero-order chi connectivity index (χ0) is 24.8. The molecule has 5 nitrogen and oxygen atoms in total. The van der Waals surface area contributed by atoms with E-state index in [9.17, 15) is 14.9 Å². The van der Waals surface area contributed by atoms with Gasteiger partial charge < -0.3 is 5.32 Å². The first-order valence-electron chi connectivity index (χ1n) is 10.9. The largest absolute Gasteiger partial charge is 0.351 e. The quantitative estimate of drug-likeness (QED) is 0.316. The van der Waals surface area contributed by atoms with E-state index in [-0.39, 0.29) is 11.5 Å². The fourth-order valence-corrected chi connectivity index (χ4v) is 5.45. The Hall–Kier alpha value is -3.24. The highest BCUT2D eigenvalue weighted by atomic mass is 35.5. The molecular weight excluding hydrogens is 501 g/mol. The number of nitrogens with one attached hydrogen (secondary N) is 1. The standard InChI is InChI=1S/C27H21Cl2N3O2S/c28-22-13-7-10-19(24(22)29)16-23-26(34)32(20-11-5-2-6-12-20)27(35-23)21(17-30)25(33)31-15-14-18-8-3-1-4-9-18/h1-13,23H,14-16H2,(H,31,33). The van der Waals surface area contributed by atoms with Crippen molar-refractivity contribution >= 4 is 52.5 Å². The molecule has 176 valence electrons. The minimum absolute atomic E-state index is 0.0973. The number of nitrogens with zero attached hydrogens (tertiary/aromatic N) is 2. The van der Waals surface area contributed by atoms with E-state index in [1.807, 2.05) is 48.5 Å². The Morgan fingerprint density at radius 1 is 1.00 bits per heavy atom. The van der Waals surface area contributed by atoms with Crippen LogP contribution in [0.15, 0.2) is 89.5 Å². The third kappa shape index (κ3) is 5.71. The Balaban J connectivity index is 1.62. The molecule has 8 heteroatoms. The maximum Gasteiger partial charge on any atom is 0.264 e. The van der Waals surface area contributed by atoms with Crippen LogP contribution in [-0.2, 0) is 22.4 Å². The summed E-state index contributed by atoms with van der Waals surface area (Å²) in [5.41, 5.74) is 2.29. The van der Waals surface area contributed by atoms with Crippen LogP contribution in [0, 0.1) is 11.3 Å². The van der Waals surface area contributed by atoms with Gasteiger partial charge in [0, 0.05) is 12.2 Å². The van der Waals surface area contributed by atoms with Gasteiger partial charge >= 0.3 is 0 Å². The van der Waals surface area contributed by atoms with Crippen LogP contribution in [0.2, 0.25) is 10.0 Å². The molecule has 4 rings (SSSR count). The minimum Gasteiger partial charge on any atom is -0.351 e. The molecule has 3 aromatic carbocycles. The molecule has 3 aromatic rings. The number of carbonyl (C=O) groups is 2. The van der Waals surface area contributed by atoms with Gasteiger partial charge in [0.05, 0.1) is 15.3 Å². The average Bonchev–Trinajstić information content (AvgIpc) is 3.19. The van der Waals surface area contributed by atoms with Crippen molar-refractivity contribution in [3.8, 4) is 6.07 Å². The van der Waals surface area contributed by atoms with Crippen molar-refractivity contribution < 1.29 is 9.59 Å². The van der Waals surface area contributed by atoms with Gasteiger partial charge in [0.25, 0.3) is 5.91 Å². The Morgan fingerprint density at radius 3 is 2.37 bits per heavy atom. The van der Waals surface area contributed by atoms with E-state index in [2.05, 4.69) is 5.32 Å². The molecule has 1 saturated heterocycles. The number of halogens is 2. The summed E-state index contributed by atoms with van der Waals surface area (Å²) >= 11 is 13.7. The van der Waals surface area contributed by atoms with Gasteiger partial charge in [0.15, 0.2) is 0 Å². The van der Waals surface area contributed by atoms with Crippen molar-refractivity contribution in [2.24, 2.45) is 0 Å². The lowest BCUT2D eigenvalue weighted by molar-refractivity contribution is -0.117. The predicted octanol–water partition coefficient (Wildman–Crippen LogP) is 5.78. The zero-order valence-electron chi connectivity index (χ0n) is 18.6. The molecule has 1 atom stereocenters. The van der Waals surface area contributed by atoms with Gasteiger partial charge in [-0.15, -0.1) is 0 Å². The summed E-state index contributed by atoms with van der Waals surface area (Å²) in [5.74, 6) is -0.738. The number of anilines is 1. The molecule has 0 saturated carbocycles. The number of benzene rings is 3. The molecule has 1 N–H and O–H groups in total. The second-order valence-electron chi connectivity index (χ2n) is 7.82. The number of nitriles is 1. The molecule has 0 aromatic heterocycles. The topological polar surface area (TPSA) is 73.2 Å². The minimum atomic E-state index is -0.568.